The van der Waals surface area contributed by atoms with E-state index in [-0.39, 0.29) is 24.3 Å². The molecule has 120 valence electrons. The van der Waals surface area contributed by atoms with Gasteiger partial charge in [0.1, 0.15) is 5.82 Å². The van der Waals surface area contributed by atoms with Crippen molar-refractivity contribution in [3.8, 4) is 0 Å². The van der Waals surface area contributed by atoms with Crippen molar-refractivity contribution in [2.75, 3.05) is 7.05 Å². The van der Waals surface area contributed by atoms with Gasteiger partial charge in [0.05, 0.1) is 6.04 Å². The lowest BCUT2D eigenvalue weighted by Crippen LogP contribution is -2.48. The van der Waals surface area contributed by atoms with Gasteiger partial charge < -0.3 is 10.2 Å². The fourth-order valence-electron chi connectivity index (χ4n) is 2.89. The Hall–Kier alpha value is -1.91. The standard InChI is InChI=1S/C18H18ClFN2O/c1-22(11-14-15(19)7-4-8-16(14)20)18(23)17-9-12-5-2-3-6-13(12)10-21-17/h2-8,17,21H,9-11H2,1H3. The third-order valence-electron chi connectivity index (χ3n) is 4.21. The van der Waals surface area contributed by atoms with Crippen molar-refractivity contribution in [1.29, 1.82) is 0 Å². The predicted molar refractivity (Wildman–Crippen MR) is 88.7 cm³/mol. The van der Waals surface area contributed by atoms with E-state index in [0.717, 1.165) is 0 Å². The molecule has 0 fully saturated rings. The van der Waals surface area contributed by atoms with E-state index in [2.05, 4.69) is 11.4 Å². The highest BCUT2D eigenvalue weighted by molar-refractivity contribution is 6.31. The second-order valence-electron chi connectivity index (χ2n) is 5.80. The third kappa shape index (κ3) is 3.38. The smallest absolute Gasteiger partial charge is 0.240 e. The number of fused-ring (bicyclic) bond motifs is 1. The molecule has 0 bridgehead atoms. The molecule has 2 aromatic rings. The molecule has 1 amide bonds. The monoisotopic (exact) mass is 332 g/mol. The molecule has 3 rings (SSSR count). The Kier molecular flexibility index (Phi) is 4.64. The highest BCUT2D eigenvalue weighted by atomic mass is 35.5. The minimum absolute atomic E-state index is 0.0566. The van der Waals surface area contributed by atoms with Gasteiger partial charge in [0.2, 0.25) is 5.91 Å². The van der Waals surface area contributed by atoms with E-state index in [1.54, 1.807) is 19.2 Å². The molecule has 0 saturated carbocycles. The van der Waals surface area contributed by atoms with Crippen molar-refractivity contribution in [3.05, 3.63) is 70.0 Å². The van der Waals surface area contributed by atoms with E-state index in [0.29, 0.717) is 23.6 Å². The van der Waals surface area contributed by atoms with Gasteiger partial charge in [0.25, 0.3) is 0 Å². The molecule has 2 aromatic carbocycles. The Morgan fingerprint density at radius 3 is 2.74 bits per heavy atom. The fraction of sp³-hybridized carbons (Fsp3) is 0.278. The van der Waals surface area contributed by atoms with Crippen LogP contribution in [-0.2, 0) is 24.3 Å². The van der Waals surface area contributed by atoms with Crippen LogP contribution in [0.1, 0.15) is 16.7 Å². The maximum atomic E-state index is 13.9. The number of carbonyl (C=O) groups excluding carboxylic acids is 1. The molecule has 1 aliphatic rings. The summed E-state index contributed by atoms with van der Waals surface area (Å²) in [7, 11) is 1.67. The van der Waals surface area contributed by atoms with Gasteiger partial charge in [-0.25, -0.2) is 4.39 Å². The van der Waals surface area contributed by atoms with Gasteiger partial charge in [-0.3, -0.25) is 4.79 Å². The fourth-order valence-corrected chi connectivity index (χ4v) is 3.12. The number of hydrogen-bond acceptors (Lipinski definition) is 2. The van der Waals surface area contributed by atoms with E-state index in [4.69, 9.17) is 11.6 Å². The van der Waals surface area contributed by atoms with Crippen molar-refractivity contribution < 1.29 is 9.18 Å². The van der Waals surface area contributed by atoms with E-state index in [1.807, 2.05) is 18.2 Å². The number of halogens is 2. The van der Waals surface area contributed by atoms with Gasteiger partial charge in [-0.2, -0.15) is 0 Å². The van der Waals surface area contributed by atoms with E-state index in [9.17, 15) is 9.18 Å². The van der Waals surface area contributed by atoms with Crippen molar-refractivity contribution >= 4 is 17.5 Å². The van der Waals surface area contributed by atoms with E-state index < -0.39 is 0 Å². The second kappa shape index (κ2) is 6.69. The van der Waals surface area contributed by atoms with Crippen LogP contribution in [0.5, 0.6) is 0 Å². The highest BCUT2D eigenvalue weighted by Gasteiger charge is 2.27. The van der Waals surface area contributed by atoms with Gasteiger partial charge in [-0.15, -0.1) is 0 Å². The summed E-state index contributed by atoms with van der Waals surface area (Å²) in [6, 6.07) is 12.3. The lowest BCUT2D eigenvalue weighted by molar-refractivity contribution is -0.132. The van der Waals surface area contributed by atoms with E-state index in [1.165, 1.54) is 22.1 Å². The summed E-state index contributed by atoms with van der Waals surface area (Å²) < 4.78 is 13.9. The SMILES string of the molecule is CN(Cc1c(F)cccc1Cl)C(=O)C1Cc2ccccc2CN1. The average molecular weight is 333 g/mol. The Morgan fingerprint density at radius 2 is 2.00 bits per heavy atom. The molecule has 1 unspecified atom stereocenters. The molecule has 0 aliphatic carbocycles. The zero-order valence-electron chi connectivity index (χ0n) is 12.9. The van der Waals surface area contributed by atoms with Crippen LogP contribution in [0.25, 0.3) is 0 Å². The number of benzene rings is 2. The van der Waals surface area contributed by atoms with Gasteiger partial charge in [-0.05, 0) is 29.7 Å². The van der Waals surface area contributed by atoms with Crippen molar-refractivity contribution in [1.82, 2.24) is 10.2 Å². The van der Waals surface area contributed by atoms with Gasteiger partial charge in [-0.1, -0.05) is 41.9 Å². The van der Waals surface area contributed by atoms with Crippen LogP contribution in [0, 0.1) is 5.82 Å². The average Bonchev–Trinajstić information content (AvgIpc) is 2.57. The molecular weight excluding hydrogens is 315 g/mol. The first-order valence-corrected chi connectivity index (χ1v) is 7.92. The normalized spacial score (nSPS) is 16.7. The van der Waals surface area contributed by atoms with Crippen LogP contribution in [-0.4, -0.2) is 23.9 Å². The van der Waals surface area contributed by atoms with Crippen LogP contribution in [0.15, 0.2) is 42.5 Å². The van der Waals surface area contributed by atoms with Crippen LogP contribution in [0.2, 0.25) is 5.02 Å². The maximum Gasteiger partial charge on any atom is 0.240 e. The minimum Gasteiger partial charge on any atom is -0.340 e. The number of hydrogen-bond donors (Lipinski definition) is 1. The predicted octanol–water partition coefficient (Wildman–Crippen LogP) is 3.15. The molecule has 5 heteroatoms. The van der Waals surface area contributed by atoms with Crippen LogP contribution in [0.4, 0.5) is 4.39 Å². The Bertz CT molecular complexity index is 714. The van der Waals surface area contributed by atoms with Crippen molar-refractivity contribution in [2.45, 2.75) is 25.6 Å². The Labute approximate surface area is 140 Å². The van der Waals surface area contributed by atoms with Gasteiger partial charge in [0.15, 0.2) is 0 Å². The van der Waals surface area contributed by atoms with Gasteiger partial charge in [0, 0.05) is 30.7 Å². The van der Waals surface area contributed by atoms with E-state index >= 15 is 0 Å². The molecule has 1 aliphatic heterocycles. The molecule has 1 atom stereocenters. The largest absolute Gasteiger partial charge is 0.340 e. The molecular formula is C18H18ClFN2O. The summed E-state index contributed by atoms with van der Waals surface area (Å²) in [5.74, 6) is -0.446. The molecule has 1 heterocycles. The van der Waals surface area contributed by atoms with Crippen molar-refractivity contribution in [2.24, 2.45) is 0 Å². The lowest BCUT2D eigenvalue weighted by Gasteiger charge is -2.29. The number of nitrogens with one attached hydrogen (secondary N) is 1. The summed E-state index contributed by atoms with van der Waals surface area (Å²) in [4.78, 5) is 14.2. The second-order valence-corrected chi connectivity index (χ2v) is 6.21. The minimum atomic E-state index is -0.390. The lowest BCUT2D eigenvalue weighted by atomic mass is 9.95. The summed E-state index contributed by atoms with van der Waals surface area (Å²) in [6.07, 6.45) is 0.643. The molecule has 0 saturated heterocycles. The molecule has 0 aromatic heterocycles. The third-order valence-corrected chi connectivity index (χ3v) is 4.57. The molecule has 3 nitrogen and oxygen atoms in total. The summed E-state index contributed by atoms with van der Waals surface area (Å²) in [6.45, 7) is 0.824. The van der Waals surface area contributed by atoms with Crippen LogP contribution in [0.3, 0.4) is 0 Å². The number of carbonyl (C=O) groups is 1. The summed E-state index contributed by atoms with van der Waals surface area (Å²) in [5, 5.41) is 3.59. The Balaban J connectivity index is 1.71. The first kappa shape index (κ1) is 16.0. The highest BCUT2D eigenvalue weighted by Crippen LogP contribution is 2.22. The van der Waals surface area contributed by atoms with Gasteiger partial charge >= 0.3 is 0 Å². The first-order chi connectivity index (χ1) is 11.1. The molecule has 0 spiro atoms. The summed E-state index contributed by atoms with van der Waals surface area (Å²) in [5.41, 5.74) is 2.75. The van der Waals surface area contributed by atoms with Crippen molar-refractivity contribution in [3.63, 3.8) is 0 Å². The summed E-state index contributed by atoms with van der Waals surface area (Å²) >= 11 is 6.04. The number of rotatable bonds is 3. The quantitative estimate of drug-likeness (QED) is 0.936. The number of nitrogens with zero attached hydrogens (tertiary/aromatic N) is 1. The van der Waals surface area contributed by atoms with Crippen LogP contribution >= 0.6 is 11.6 Å². The topological polar surface area (TPSA) is 32.3 Å². The zero-order chi connectivity index (χ0) is 16.4. The number of amides is 1. The van der Waals surface area contributed by atoms with Crippen LogP contribution < -0.4 is 5.32 Å². The Morgan fingerprint density at radius 1 is 1.26 bits per heavy atom. The molecule has 1 N–H and O–H groups in total. The molecule has 23 heavy (non-hydrogen) atoms. The number of likely N-dealkylation sites (N-methyl/N-ethyl adjacent to an activating group) is 1. The molecule has 0 radical (unpaired) electrons. The first-order valence-electron chi connectivity index (χ1n) is 7.54. The zero-order valence-corrected chi connectivity index (χ0v) is 13.6. The maximum absolute atomic E-state index is 13.9.